The quantitative estimate of drug-likeness (QED) is 0.752. The molecule has 1 atom stereocenters. The minimum atomic E-state index is -0.684. The third-order valence-electron chi connectivity index (χ3n) is 3.50. The van der Waals surface area contributed by atoms with Crippen LogP contribution in [0.3, 0.4) is 0 Å². The lowest BCUT2D eigenvalue weighted by Crippen LogP contribution is -2.32. The Morgan fingerprint density at radius 1 is 1.26 bits per heavy atom. The maximum Gasteiger partial charge on any atom is 0.269 e. The largest absolute Gasteiger partial charge is 0.497 e. The number of nitrogens with one attached hydrogen (secondary N) is 2. The van der Waals surface area contributed by atoms with E-state index in [1.807, 2.05) is 38.1 Å². The van der Waals surface area contributed by atoms with Gasteiger partial charge in [-0.05, 0) is 23.6 Å². The van der Waals surface area contributed by atoms with E-state index in [0.29, 0.717) is 0 Å². The molecule has 0 aliphatic heterocycles. The van der Waals surface area contributed by atoms with Crippen LogP contribution in [0.4, 0.5) is 0 Å². The summed E-state index contributed by atoms with van der Waals surface area (Å²) in [6.07, 6.45) is 0. The number of hydrogen-bond donors (Lipinski definition) is 3. The normalized spacial score (nSPS) is 12.0. The lowest BCUT2D eigenvalue weighted by atomic mass is 9.96. The number of aromatic nitrogens is 2. The Balaban J connectivity index is 2.17. The molecule has 0 aliphatic rings. The molecule has 0 bridgehead atoms. The highest BCUT2D eigenvalue weighted by atomic mass is 16.5. The summed E-state index contributed by atoms with van der Waals surface area (Å²) in [5.74, 6) is -0.108. The number of nitrogens with two attached hydrogens (primary N) is 1. The molecule has 2 rings (SSSR count). The number of carbonyl (C=O) groups excluding carboxylic acids is 2. The zero-order valence-corrected chi connectivity index (χ0v) is 13.3. The number of carbonyl (C=O) groups is 2. The lowest BCUT2D eigenvalue weighted by Gasteiger charge is -2.22. The van der Waals surface area contributed by atoms with Gasteiger partial charge in [0.1, 0.15) is 11.4 Å². The Labute approximate surface area is 134 Å². The minimum absolute atomic E-state index is 0.0284. The molecular weight excluding hydrogens is 296 g/mol. The van der Waals surface area contributed by atoms with Crippen molar-refractivity contribution in [3.8, 4) is 5.75 Å². The fourth-order valence-electron chi connectivity index (χ4n) is 2.23. The zero-order chi connectivity index (χ0) is 17.0. The smallest absolute Gasteiger partial charge is 0.269 e. The summed E-state index contributed by atoms with van der Waals surface area (Å²) >= 11 is 0. The van der Waals surface area contributed by atoms with Crippen molar-refractivity contribution in [3.63, 3.8) is 0 Å². The number of primary amides is 1. The molecule has 0 saturated heterocycles. The topological polar surface area (TPSA) is 110 Å². The van der Waals surface area contributed by atoms with Crippen LogP contribution in [0.1, 0.15) is 46.4 Å². The van der Waals surface area contributed by atoms with Crippen LogP contribution < -0.4 is 15.8 Å². The number of hydrogen-bond acceptors (Lipinski definition) is 4. The molecule has 7 nitrogen and oxygen atoms in total. The molecule has 1 aromatic heterocycles. The number of H-pyrrole nitrogens is 1. The molecule has 1 heterocycles. The Morgan fingerprint density at radius 3 is 2.39 bits per heavy atom. The number of amides is 2. The first-order chi connectivity index (χ1) is 10.9. The van der Waals surface area contributed by atoms with E-state index in [4.69, 9.17) is 10.5 Å². The first kappa shape index (κ1) is 16.5. The third kappa shape index (κ3) is 3.88. The Kier molecular flexibility index (Phi) is 5.00. The van der Waals surface area contributed by atoms with Crippen molar-refractivity contribution in [2.75, 3.05) is 7.11 Å². The molecule has 0 fully saturated rings. The van der Waals surface area contributed by atoms with Crippen molar-refractivity contribution in [1.29, 1.82) is 0 Å². The van der Waals surface area contributed by atoms with Gasteiger partial charge in [-0.3, -0.25) is 14.7 Å². The van der Waals surface area contributed by atoms with E-state index in [0.717, 1.165) is 11.3 Å². The summed E-state index contributed by atoms with van der Waals surface area (Å²) in [4.78, 5) is 23.4. The Bertz CT molecular complexity index is 692. The summed E-state index contributed by atoms with van der Waals surface area (Å²) in [6, 6.07) is 8.66. The highest BCUT2D eigenvalue weighted by molar-refractivity contribution is 5.97. The van der Waals surface area contributed by atoms with Crippen molar-refractivity contribution in [1.82, 2.24) is 15.5 Å². The highest BCUT2D eigenvalue weighted by Gasteiger charge is 2.21. The van der Waals surface area contributed by atoms with Crippen molar-refractivity contribution in [2.24, 2.45) is 11.7 Å². The molecule has 7 heteroatoms. The number of methoxy groups -OCH3 is 1. The first-order valence-electron chi connectivity index (χ1n) is 7.22. The summed E-state index contributed by atoms with van der Waals surface area (Å²) in [6.45, 7) is 4.02. The Morgan fingerprint density at radius 2 is 1.91 bits per heavy atom. The van der Waals surface area contributed by atoms with Crippen molar-refractivity contribution < 1.29 is 14.3 Å². The van der Waals surface area contributed by atoms with Crippen molar-refractivity contribution >= 4 is 11.8 Å². The number of nitrogens with zero attached hydrogens (tertiary/aromatic N) is 1. The van der Waals surface area contributed by atoms with Crippen LogP contribution in [0.15, 0.2) is 30.3 Å². The second-order valence-corrected chi connectivity index (χ2v) is 5.50. The predicted octanol–water partition coefficient (Wildman–Crippen LogP) is 1.64. The molecular formula is C16H20N4O3. The molecule has 0 saturated carbocycles. The maximum atomic E-state index is 12.3. The van der Waals surface area contributed by atoms with E-state index in [9.17, 15) is 9.59 Å². The van der Waals surface area contributed by atoms with Crippen LogP contribution in [-0.4, -0.2) is 29.1 Å². The van der Waals surface area contributed by atoms with Gasteiger partial charge in [-0.25, -0.2) is 0 Å². The van der Waals surface area contributed by atoms with Crippen LogP contribution >= 0.6 is 0 Å². The second-order valence-electron chi connectivity index (χ2n) is 5.50. The van der Waals surface area contributed by atoms with Gasteiger partial charge in [-0.15, -0.1) is 0 Å². The third-order valence-corrected chi connectivity index (χ3v) is 3.50. The molecule has 23 heavy (non-hydrogen) atoms. The average molecular weight is 316 g/mol. The average Bonchev–Trinajstić information content (AvgIpc) is 3.02. The van der Waals surface area contributed by atoms with Gasteiger partial charge in [0, 0.05) is 6.07 Å². The van der Waals surface area contributed by atoms with E-state index in [2.05, 4.69) is 15.5 Å². The fraction of sp³-hybridized carbons (Fsp3) is 0.312. The molecule has 1 aromatic carbocycles. The van der Waals surface area contributed by atoms with Crippen molar-refractivity contribution in [3.05, 3.63) is 47.3 Å². The van der Waals surface area contributed by atoms with Gasteiger partial charge < -0.3 is 15.8 Å². The summed E-state index contributed by atoms with van der Waals surface area (Å²) in [7, 11) is 1.60. The molecule has 0 aliphatic carbocycles. The van der Waals surface area contributed by atoms with Gasteiger partial charge in [-0.1, -0.05) is 26.0 Å². The van der Waals surface area contributed by atoms with Gasteiger partial charge in [0.15, 0.2) is 5.69 Å². The van der Waals surface area contributed by atoms with Gasteiger partial charge in [0.2, 0.25) is 0 Å². The molecule has 0 spiro atoms. The van der Waals surface area contributed by atoms with E-state index >= 15 is 0 Å². The number of benzene rings is 1. The monoisotopic (exact) mass is 316 g/mol. The van der Waals surface area contributed by atoms with Gasteiger partial charge >= 0.3 is 0 Å². The van der Waals surface area contributed by atoms with Crippen LogP contribution in [0.5, 0.6) is 5.75 Å². The lowest BCUT2D eigenvalue weighted by molar-refractivity contribution is 0.0920. The van der Waals surface area contributed by atoms with Crippen LogP contribution in [0, 0.1) is 5.92 Å². The van der Waals surface area contributed by atoms with E-state index in [1.165, 1.54) is 6.07 Å². The van der Waals surface area contributed by atoms with Gasteiger partial charge in [0.25, 0.3) is 11.8 Å². The predicted molar refractivity (Wildman–Crippen MR) is 85.1 cm³/mol. The van der Waals surface area contributed by atoms with E-state index < -0.39 is 5.91 Å². The zero-order valence-electron chi connectivity index (χ0n) is 13.3. The van der Waals surface area contributed by atoms with Gasteiger partial charge in [-0.2, -0.15) is 5.10 Å². The Hall–Kier alpha value is -2.83. The van der Waals surface area contributed by atoms with Crippen LogP contribution in [0.2, 0.25) is 0 Å². The first-order valence-corrected chi connectivity index (χ1v) is 7.22. The molecule has 0 radical (unpaired) electrons. The van der Waals surface area contributed by atoms with Gasteiger partial charge in [0.05, 0.1) is 13.2 Å². The summed E-state index contributed by atoms with van der Waals surface area (Å²) in [5.41, 5.74) is 6.31. The van der Waals surface area contributed by atoms with Crippen molar-refractivity contribution in [2.45, 2.75) is 19.9 Å². The summed E-state index contributed by atoms with van der Waals surface area (Å²) in [5, 5.41) is 9.16. The number of rotatable bonds is 6. The molecule has 1 unspecified atom stereocenters. The standard InChI is InChI=1S/C16H20N4O3/c1-9(2)14(10-4-6-11(23-3)7-5-10)18-16(22)13-8-12(15(17)21)19-20-13/h4-9,14H,1-3H3,(H2,17,21)(H,18,22)(H,19,20). The minimum Gasteiger partial charge on any atom is -0.497 e. The maximum absolute atomic E-state index is 12.3. The fourth-order valence-corrected chi connectivity index (χ4v) is 2.23. The number of aromatic amines is 1. The molecule has 2 amide bonds. The second kappa shape index (κ2) is 6.95. The molecule has 2 aromatic rings. The molecule has 4 N–H and O–H groups in total. The van der Waals surface area contributed by atoms with E-state index in [1.54, 1.807) is 7.11 Å². The summed E-state index contributed by atoms with van der Waals surface area (Å²) < 4.78 is 5.14. The van der Waals surface area contributed by atoms with Crippen LogP contribution in [0.25, 0.3) is 0 Å². The highest BCUT2D eigenvalue weighted by Crippen LogP contribution is 2.24. The SMILES string of the molecule is COc1ccc(C(NC(=O)c2cc(C(N)=O)n[nH]2)C(C)C)cc1. The number of ether oxygens (including phenoxy) is 1. The van der Waals surface area contributed by atoms with E-state index in [-0.39, 0.29) is 29.3 Å². The molecule has 122 valence electrons. The van der Waals surface area contributed by atoms with Crippen LogP contribution in [-0.2, 0) is 0 Å².